The SMILES string of the molecule is CCCS(=O)(=O)c1ccc(Sc2ccc(C(=O)O)o2)cc1. The van der Waals surface area contributed by atoms with Gasteiger partial charge in [-0.25, -0.2) is 13.2 Å². The molecule has 2 rings (SSSR count). The van der Waals surface area contributed by atoms with Crippen molar-refractivity contribution >= 4 is 27.6 Å². The topological polar surface area (TPSA) is 84.6 Å². The smallest absolute Gasteiger partial charge is 0.371 e. The lowest BCUT2D eigenvalue weighted by Gasteiger charge is -2.04. The molecule has 0 amide bonds. The van der Waals surface area contributed by atoms with Crippen molar-refractivity contribution in [2.45, 2.75) is 28.2 Å². The molecular formula is C14H14O5S2. The lowest BCUT2D eigenvalue weighted by atomic mass is 10.4. The first-order chi connectivity index (χ1) is 9.92. The molecular weight excluding hydrogens is 312 g/mol. The van der Waals surface area contributed by atoms with E-state index in [1.165, 1.54) is 17.8 Å². The van der Waals surface area contributed by atoms with Crippen LogP contribution in [0.5, 0.6) is 0 Å². The molecule has 1 N–H and O–H groups in total. The lowest BCUT2D eigenvalue weighted by Crippen LogP contribution is -2.05. The standard InChI is InChI=1S/C14H14O5S2/c1-2-9-21(17,18)11-5-3-10(4-6-11)20-13-8-7-12(19-13)14(15)16/h3-8H,2,9H2,1H3,(H,15,16). The number of sulfone groups is 1. The van der Waals surface area contributed by atoms with Crippen LogP contribution in [0.1, 0.15) is 23.9 Å². The summed E-state index contributed by atoms with van der Waals surface area (Å²) < 4.78 is 28.9. The highest BCUT2D eigenvalue weighted by molar-refractivity contribution is 7.99. The Hall–Kier alpha value is -1.73. The van der Waals surface area contributed by atoms with Crippen LogP contribution in [-0.2, 0) is 9.84 Å². The number of rotatable bonds is 6. The van der Waals surface area contributed by atoms with Gasteiger partial charge in [0, 0.05) is 4.90 Å². The average Bonchev–Trinajstić information content (AvgIpc) is 2.88. The molecule has 7 heteroatoms. The Labute approximate surface area is 126 Å². The Kier molecular flexibility index (Phi) is 4.74. The molecule has 0 aliphatic heterocycles. The number of carbonyl (C=O) groups is 1. The summed E-state index contributed by atoms with van der Waals surface area (Å²) in [7, 11) is -3.22. The first-order valence-electron chi connectivity index (χ1n) is 6.26. The van der Waals surface area contributed by atoms with E-state index in [1.807, 2.05) is 6.92 Å². The Morgan fingerprint density at radius 1 is 1.19 bits per heavy atom. The number of furan rings is 1. The van der Waals surface area contributed by atoms with Gasteiger partial charge in [-0.15, -0.1) is 0 Å². The normalized spacial score (nSPS) is 11.5. The van der Waals surface area contributed by atoms with Gasteiger partial charge in [-0.3, -0.25) is 0 Å². The molecule has 1 aromatic carbocycles. The van der Waals surface area contributed by atoms with Gasteiger partial charge in [-0.1, -0.05) is 18.7 Å². The van der Waals surface area contributed by atoms with Gasteiger partial charge < -0.3 is 9.52 Å². The molecule has 0 saturated heterocycles. The Balaban J connectivity index is 2.14. The fourth-order valence-corrected chi connectivity index (χ4v) is 3.80. The predicted molar refractivity (Wildman–Crippen MR) is 78.6 cm³/mol. The van der Waals surface area contributed by atoms with Gasteiger partial charge in [0.2, 0.25) is 5.76 Å². The number of carboxylic acids is 1. The van der Waals surface area contributed by atoms with Crippen LogP contribution in [0, 0.1) is 0 Å². The molecule has 1 aromatic heterocycles. The van der Waals surface area contributed by atoms with Gasteiger partial charge >= 0.3 is 5.97 Å². The Morgan fingerprint density at radius 3 is 2.38 bits per heavy atom. The second kappa shape index (κ2) is 6.36. The van der Waals surface area contributed by atoms with Crippen LogP contribution in [0.2, 0.25) is 0 Å². The molecule has 1 heterocycles. The first-order valence-corrected chi connectivity index (χ1v) is 8.73. The van der Waals surface area contributed by atoms with E-state index >= 15 is 0 Å². The Bertz CT molecular complexity index is 729. The molecule has 0 aliphatic carbocycles. The molecule has 0 fully saturated rings. The summed E-state index contributed by atoms with van der Waals surface area (Å²) >= 11 is 1.23. The van der Waals surface area contributed by atoms with Crippen molar-refractivity contribution in [1.29, 1.82) is 0 Å². The summed E-state index contributed by atoms with van der Waals surface area (Å²) in [5.74, 6) is -1.12. The van der Waals surface area contributed by atoms with Gasteiger partial charge in [0.05, 0.1) is 10.6 Å². The lowest BCUT2D eigenvalue weighted by molar-refractivity contribution is 0.0656. The van der Waals surface area contributed by atoms with E-state index in [4.69, 9.17) is 9.52 Å². The van der Waals surface area contributed by atoms with E-state index in [0.717, 1.165) is 4.90 Å². The largest absolute Gasteiger partial charge is 0.475 e. The van der Waals surface area contributed by atoms with Crippen molar-refractivity contribution in [3.63, 3.8) is 0 Å². The minimum Gasteiger partial charge on any atom is -0.475 e. The highest BCUT2D eigenvalue weighted by Gasteiger charge is 2.14. The fraction of sp³-hybridized carbons (Fsp3) is 0.214. The molecule has 5 nitrogen and oxygen atoms in total. The van der Waals surface area contributed by atoms with Crippen LogP contribution in [-0.4, -0.2) is 25.2 Å². The monoisotopic (exact) mass is 326 g/mol. The number of carboxylic acid groups (broad SMARTS) is 1. The van der Waals surface area contributed by atoms with Gasteiger partial charge in [0.15, 0.2) is 14.9 Å². The van der Waals surface area contributed by atoms with Crippen LogP contribution < -0.4 is 0 Å². The molecule has 0 spiro atoms. The predicted octanol–water partition coefficient (Wildman–Crippen LogP) is 3.31. The van der Waals surface area contributed by atoms with Crippen LogP contribution in [0.4, 0.5) is 0 Å². The van der Waals surface area contributed by atoms with Gasteiger partial charge in [-0.2, -0.15) is 0 Å². The van der Waals surface area contributed by atoms with Crippen molar-refractivity contribution < 1.29 is 22.7 Å². The summed E-state index contributed by atoms with van der Waals surface area (Å²) in [6.07, 6.45) is 0.573. The summed E-state index contributed by atoms with van der Waals surface area (Å²) in [4.78, 5) is 11.8. The molecule has 0 aliphatic rings. The third-order valence-corrected chi connectivity index (χ3v) is 5.53. The van der Waals surface area contributed by atoms with Crippen molar-refractivity contribution in [3.8, 4) is 0 Å². The van der Waals surface area contributed by atoms with E-state index in [-0.39, 0.29) is 11.5 Å². The Morgan fingerprint density at radius 2 is 1.86 bits per heavy atom. The molecule has 0 unspecified atom stereocenters. The molecule has 0 radical (unpaired) electrons. The van der Waals surface area contributed by atoms with Gasteiger partial charge in [0.1, 0.15) is 0 Å². The number of aromatic carboxylic acids is 1. The summed E-state index contributed by atoms with van der Waals surface area (Å²) in [5.41, 5.74) is 0. The van der Waals surface area contributed by atoms with E-state index in [0.29, 0.717) is 16.4 Å². The van der Waals surface area contributed by atoms with Crippen molar-refractivity contribution in [1.82, 2.24) is 0 Å². The molecule has 0 saturated carbocycles. The third kappa shape index (κ3) is 3.89. The third-order valence-electron chi connectivity index (χ3n) is 2.67. The van der Waals surface area contributed by atoms with Crippen LogP contribution in [0.15, 0.2) is 55.7 Å². The minimum absolute atomic E-state index is 0.125. The van der Waals surface area contributed by atoms with Crippen molar-refractivity contribution in [3.05, 3.63) is 42.2 Å². The van der Waals surface area contributed by atoms with Crippen molar-refractivity contribution in [2.75, 3.05) is 5.75 Å². The molecule has 0 atom stereocenters. The first kappa shape index (κ1) is 15.7. The summed E-state index contributed by atoms with van der Waals surface area (Å²) in [5, 5.41) is 9.21. The second-order valence-corrected chi connectivity index (χ2v) is 7.50. The van der Waals surface area contributed by atoms with E-state index in [1.54, 1.807) is 30.3 Å². The van der Waals surface area contributed by atoms with Crippen molar-refractivity contribution in [2.24, 2.45) is 0 Å². The van der Waals surface area contributed by atoms with Crippen LogP contribution in [0.25, 0.3) is 0 Å². The number of hydrogen-bond acceptors (Lipinski definition) is 5. The van der Waals surface area contributed by atoms with E-state index in [9.17, 15) is 13.2 Å². The summed E-state index contributed by atoms with van der Waals surface area (Å²) in [6.45, 7) is 1.82. The summed E-state index contributed by atoms with van der Waals surface area (Å²) in [6, 6.07) is 9.40. The zero-order valence-corrected chi connectivity index (χ0v) is 12.9. The zero-order valence-electron chi connectivity index (χ0n) is 11.3. The van der Waals surface area contributed by atoms with Gasteiger partial charge in [0.25, 0.3) is 0 Å². The maximum absolute atomic E-state index is 11.9. The van der Waals surface area contributed by atoms with Gasteiger partial charge in [-0.05, 0) is 42.8 Å². The quantitative estimate of drug-likeness (QED) is 0.876. The second-order valence-electron chi connectivity index (χ2n) is 4.32. The van der Waals surface area contributed by atoms with Crippen LogP contribution in [0.3, 0.4) is 0 Å². The number of benzene rings is 1. The van der Waals surface area contributed by atoms with E-state index < -0.39 is 15.8 Å². The fourth-order valence-electron chi connectivity index (χ4n) is 1.71. The van der Waals surface area contributed by atoms with E-state index in [2.05, 4.69) is 0 Å². The maximum atomic E-state index is 11.9. The average molecular weight is 326 g/mol. The highest BCUT2D eigenvalue weighted by Crippen LogP contribution is 2.30. The van der Waals surface area contributed by atoms with Crippen LogP contribution >= 0.6 is 11.8 Å². The molecule has 2 aromatic rings. The zero-order chi connectivity index (χ0) is 15.5. The number of hydrogen-bond donors (Lipinski definition) is 1. The molecule has 0 bridgehead atoms. The minimum atomic E-state index is -3.22. The molecule has 21 heavy (non-hydrogen) atoms. The molecule has 112 valence electrons. The maximum Gasteiger partial charge on any atom is 0.371 e. The highest BCUT2D eigenvalue weighted by atomic mass is 32.2.